The SMILES string of the molecule is CCOc1c(C)cc(NC(=O)[C@]2(OC)CCC[C@H](C)C2)cc1C. The van der Waals surface area contributed by atoms with Crippen molar-refractivity contribution in [3.8, 4) is 5.75 Å². The van der Waals surface area contributed by atoms with E-state index in [1.165, 1.54) is 6.42 Å². The number of ether oxygens (including phenoxy) is 2. The van der Waals surface area contributed by atoms with Crippen LogP contribution in [0.2, 0.25) is 0 Å². The van der Waals surface area contributed by atoms with Crippen LogP contribution >= 0.6 is 0 Å². The standard InChI is InChI=1S/C19H29NO3/c1-6-23-17-14(3)10-16(11-15(17)4)20-18(21)19(22-5)9-7-8-13(2)12-19/h10-11,13H,6-9,12H2,1-5H3,(H,20,21)/t13-,19-/m0/s1. The highest BCUT2D eigenvalue weighted by atomic mass is 16.5. The Kier molecular flexibility index (Phi) is 5.69. The van der Waals surface area contributed by atoms with Crippen molar-refractivity contribution in [1.29, 1.82) is 0 Å². The van der Waals surface area contributed by atoms with Crippen molar-refractivity contribution >= 4 is 11.6 Å². The summed E-state index contributed by atoms with van der Waals surface area (Å²) in [6, 6.07) is 3.93. The van der Waals surface area contributed by atoms with E-state index < -0.39 is 5.60 Å². The summed E-state index contributed by atoms with van der Waals surface area (Å²) >= 11 is 0. The largest absolute Gasteiger partial charge is 0.493 e. The Balaban J connectivity index is 2.19. The molecule has 0 saturated heterocycles. The van der Waals surface area contributed by atoms with Gasteiger partial charge in [-0.25, -0.2) is 0 Å². The minimum atomic E-state index is -0.696. The lowest BCUT2D eigenvalue weighted by molar-refractivity contribution is -0.143. The van der Waals surface area contributed by atoms with Crippen LogP contribution in [0.5, 0.6) is 5.75 Å². The zero-order valence-electron chi connectivity index (χ0n) is 15.0. The summed E-state index contributed by atoms with van der Waals surface area (Å²) in [5.74, 6) is 1.38. The lowest BCUT2D eigenvalue weighted by atomic mass is 9.78. The third-order valence-corrected chi connectivity index (χ3v) is 4.77. The predicted octanol–water partition coefficient (Wildman–Crippen LogP) is 4.24. The van der Waals surface area contributed by atoms with Crippen LogP contribution in [0.3, 0.4) is 0 Å². The van der Waals surface area contributed by atoms with E-state index >= 15 is 0 Å². The zero-order chi connectivity index (χ0) is 17.0. The normalized spacial score (nSPS) is 24.3. The molecular formula is C19H29NO3. The number of methoxy groups -OCH3 is 1. The van der Waals surface area contributed by atoms with Crippen molar-refractivity contribution in [2.75, 3.05) is 19.0 Å². The lowest BCUT2D eigenvalue weighted by Gasteiger charge is -2.37. The Hall–Kier alpha value is -1.55. The van der Waals surface area contributed by atoms with Crippen LogP contribution in [-0.2, 0) is 9.53 Å². The number of rotatable bonds is 5. The van der Waals surface area contributed by atoms with Crippen LogP contribution in [0.4, 0.5) is 5.69 Å². The minimum Gasteiger partial charge on any atom is -0.493 e. The molecule has 0 heterocycles. The molecule has 0 aliphatic heterocycles. The van der Waals surface area contributed by atoms with Crippen LogP contribution in [0.25, 0.3) is 0 Å². The molecule has 2 rings (SSSR count). The van der Waals surface area contributed by atoms with Gasteiger partial charge in [0.25, 0.3) is 5.91 Å². The van der Waals surface area contributed by atoms with Gasteiger partial charge in [-0.15, -0.1) is 0 Å². The van der Waals surface area contributed by atoms with E-state index in [2.05, 4.69) is 12.2 Å². The molecule has 4 heteroatoms. The number of hydrogen-bond donors (Lipinski definition) is 1. The summed E-state index contributed by atoms with van der Waals surface area (Å²) in [4.78, 5) is 12.8. The first-order chi connectivity index (χ1) is 10.9. The fourth-order valence-electron chi connectivity index (χ4n) is 3.63. The molecule has 2 atom stereocenters. The van der Waals surface area contributed by atoms with Crippen LogP contribution in [-0.4, -0.2) is 25.2 Å². The molecule has 1 aliphatic rings. The van der Waals surface area contributed by atoms with E-state index in [0.29, 0.717) is 12.5 Å². The van der Waals surface area contributed by atoms with E-state index in [1.807, 2.05) is 32.9 Å². The molecule has 1 saturated carbocycles. The number of aryl methyl sites for hydroxylation is 2. The second-order valence-corrected chi connectivity index (χ2v) is 6.73. The summed E-state index contributed by atoms with van der Waals surface area (Å²) in [5.41, 5.74) is 2.18. The van der Waals surface area contributed by atoms with Crippen molar-refractivity contribution in [3.05, 3.63) is 23.3 Å². The molecule has 0 spiro atoms. The third kappa shape index (κ3) is 3.86. The zero-order valence-corrected chi connectivity index (χ0v) is 15.0. The van der Waals surface area contributed by atoms with Gasteiger partial charge in [-0.05, 0) is 69.2 Å². The van der Waals surface area contributed by atoms with Crippen molar-refractivity contribution < 1.29 is 14.3 Å². The van der Waals surface area contributed by atoms with E-state index in [-0.39, 0.29) is 5.91 Å². The average Bonchev–Trinajstić information content (AvgIpc) is 2.50. The van der Waals surface area contributed by atoms with Crippen LogP contribution in [0, 0.1) is 19.8 Å². The Labute approximate surface area is 139 Å². The van der Waals surface area contributed by atoms with Gasteiger partial charge < -0.3 is 14.8 Å². The Bertz CT molecular complexity index is 547. The molecule has 1 fully saturated rings. The van der Waals surface area contributed by atoms with Gasteiger partial charge in [-0.2, -0.15) is 0 Å². The monoisotopic (exact) mass is 319 g/mol. The Morgan fingerprint density at radius 2 is 2.00 bits per heavy atom. The molecule has 1 aliphatic carbocycles. The van der Waals surface area contributed by atoms with Gasteiger partial charge in [-0.1, -0.05) is 13.3 Å². The van der Waals surface area contributed by atoms with Crippen LogP contribution in [0.1, 0.15) is 50.7 Å². The van der Waals surface area contributed by atoms with Gasteiger partial charge >= 0.3 is 0 Å². The summed E-state index contributed by atoms with van der Waals surface area (Å²) < 4.78 is 11.3. The lowest BCUT2D eigenvalue weighted by Crippen LogP contribution is -2.47. The number of nitrogens with one attached hydrogen (secondary N) is 1. The van der Waals surface area contributed by atoms with Gasteiger partial charge in [0.1, 0.15) is 11.4 Å². The van der Waals surface area contributed by atoms with E-state index in [1.54, 1.807) is 7.11 Å². The number of amides is 1. The number of carbonyl (C=O) groups excluding carboxylic acids is 1. The van der Waals surface area contributed by atoms with Crippen molar-refractivity contribution in [2.24, 2.45) is 5.92 Å². The molecular weight excluding hydrogens is 290 g/mol. The highest BCUT2D eigenvalue weighted by Crippen LogP contribution is 2.36. The van der Waals surface area contributed by atoms with Crippen molar-refractivity contribution in [1.82, 2.24) is 0 Å². The van der Waals surface area contributed by atoms with Gasteiger partial charge in [0, 0.05) is 12.8 Å². The second-order valence-electron chi connectivity index (χ2n) is 6.73. The molecule has 0 unspecified atom stereocenters. The maximum absolute atomic E-state index is 12.8. The first kappa shape index (κ1) is 17.8. The summed E-state index contributed by atoms with van der Waals surface area (Å²) in [6.07, 6.45) is 3.77. The highest BCUT2D eigenvalue weighted by molar-refractivity contribution is 5.97. The summed E-state index contributed by atoms with van der Waals surface area (Å²) in [6.45, 7) is 8.80. The minimum absolute atomic E-state index is 0.0329. The maximum Gasteiger partial charge on any atom is 0.256 e. The first-order valence-electron chi connectivity index (χ1n) is 8.52. The molecule has 1 aromatic rings. The third-order valence-electron chi connectivity index (χ3n) is 4.77. The number of anilines is 1. The second kappa shape index (κ2) is 7.35. The van der Waals surface area contributed by atoms with Crippen molar-refractivity contribution in [3.63, 3.8) is 0 Å². The Morgan fingerprint density at radius 1 is 1.35 bits per heavy atom. The fourth-order valence-corrected chi connectivity index (χ4v) is 3.63. The van der Waals surface area contributed by atoms with Crippen LogP contribution in [0.15, 0.2) is 12.1 Å². The molecule has 1 aromatic carbocycles. The summed E-state index contributed by atoms with van der Waals surface area (Å²) in [7, 11) is 1.65. The van der Waals surface area contributed by atoms with E-state index in [0.717, 1.165) is 41.8 Å². The quantitative estimate of drug-likeness (QED) is 0.883. The first-order valence-corrected chi connectivity index (χ1v) is 8.52. The number of carbonyl (C=O) groups is 1. The molecule has 0 aromatic heterocycles. The van der Waals surface area contributed by atoms with E-state index in [9.17, 15) is 4.79 Å². The number of hydrogen-bond acceptors (Lipinski definition) is 3. The topological polar surface area (TPSA) is 47.6 Å². The van der Waals surface area contributed by atoms with Crippen molar-refractivity contribution in [2.45, 2.75) is 59.0 Å². The van der Waals surface area contributed by atoms with E-state index in [4.69, 9.17) is 9.47 Å². The molecule has 0 radical (unpaired) electrons. The summed E-state index contributed by atoms with van der Waals surface area (Å²) in [5, 5.41) is 3.06. The molecule has 128 valence electrons. The Morgan fingerprint density at radius 3 is 2.52 bits per heavy atom. The highest BCUT2D eigenvalue weighted by Gasteiger charge is 2.42. The maximum atomic E-state index is 12.8. The van der Waals surface area contributed by atoms with Gasteiger partial charge in [0.05, 0.1) is 6.61 Å². The predicted molar refractivity (Wildman–Crippen MR) is 93.1 cm³/mol. The molecule has 1 amide bonds. The van der Waals surface area contributed by atoms with Gasteiger partial charge in [0.2, 0.25) is 0 Å². The molecule has 0 bridgehead atoms. The van der Waals surface area contributed by atoms with Crippen LogP contribution < -0.4 is 10.1 Å². The smallest absolute Gasteiger partial charge is 0.256 e. The fraction of sp³-hybridized carbons (Fsp3) is 0.632. The molecule has 23 heavy (non-hydrogen) atoms. The number of benzene rings is 1. The van der Waals surface area contributed by atoms with Gasteiger partial charge in [-0.3, -0.25) is 4.79 Å². The molecule has 4 nitrogen and oxygen atoms in total. The van der Waals surface area contributed by atoms with Gasteiger partial charge in [0.15, 0.2) is 0 Å². The molecule has 1 N–H and O–H groups in total. The average molecular weight is 319 g/mol.